The van der Waals surface area contributed by atoms with Gasteiger partial charge in [-0.15, -0.1) is 0 Å². The molecule has 1 aromatic carbocycles. The van der Waals surface area contributed by atoms with Gasteiger partial charge < -0.3 is 9.73 Å². The molecular weight excluding hydrogens is 216 g/mol. The van der Waals surface area contributed by atoms with E-state index in [4.69, 9.17) is 9.68 Å². The molecule has 0 saturated carbocycles. The molecule has 1 aromatic heterocycles. The predicted octanol–water partition coefficient (Wildman–Crippen LogP) is 2.71. The van der Waals surface area contributed by atoms with Gasteiger partial charge >= 0.3 is 0 Å². The number of furan rings is 1. The van der Waals surface area contributed by atoms with Gasteiger partial charge in [-0.05, 0) is 31.2 Å². The minimum atomic E-state index is -0.244. The fourth-order valence-electron chi connectivity index (χ4n) is 1.49. The van der Waals surface area contributed by atoms with Crippen LogP contribution in [-0.2, 0) is 0 Å². The van der Waals surface area contributed by atoms with Crippen LogP contribution in [0.2, 0.25) is 0 Å². The molecule has 4 nitrogen and oxygen atoms in total. The number of hydrogen-bond acceptors (Lipinski definition) is 3. The van der Waals surface area contributed by atoms with E-state index in [9.17, 15) is 4.79 Å². The van der Waals surface area contributed by atoms with E-state index in [1.807, 2.05) is 6.07 Å². The number of anilines is 1. The zero-order valence-corrected chi connectivity index (χ0v) is 9.23. The number of aryl methyl sites for hydroxylation is 1. The van der Waals surface area contributed by atoms with Gasteiger partial charge in [-0.2, -0.15) is 5.26 Å². The Balaban J connectivity index is 2.19. The van der Waals surface area contributed by atoms with Crippen molar-refractivity contribution in [2.45, 2.75) is 6.92 Å². The normalized spacial score (nSPS) is 9.65. The van der Waals surface area contributed by atoms with Gasteiger partial charge in [-0.3, -0.25) is 4.79 Å². The molecule has 0 radical (unpaired) electrons. The first kappa shape index (κ1) is 11.0. The highest BCUT2D eigenvalue weighted by Gasteiger charge is 2.11. The molecule has 4 heteroatoms. The number of amides is 1. The van der Waals surface area contributed by atoms with Crippen LogP contribution in [0.25, 0.3) is 0 Å². The molecule has 0 fully saturated rings. The van der Waals surface area contributed by atoms with Crippen molar-refractivity contribution in [1.82, 2.24) is 0 Å². The summed E-state index contributed by atoms with van der Waals surface area (Å²) < 4.78 is 5.06. The number of benzene rings is 1. The monoisotopic (exact) mass is 226 g/mol. The Labute approximate surface area is 98.5 Å². The fourth-order valence-corrected chi connectivity index (χ4v) is 1.49. The van der Waals surface area contributed by atoms with Gasteiger partial charge in [0.25, 0.3) is 5.91 Å². The quantitative estimate of drug-likeness (QED) is 0.856. The van der Waals surface area contributed by atoms with Crippen molar-refractivity contribution in [2.24, 2.45) is 0 Å². The van der Waals surface area contributed by atoms with Crippen LogP contribution in [-0.4, -0.2) is 5.91 Å². The predicted molar refractivity (Wildman–Crippen MR) is 62.6 cm³/mol. The third-order valence-electron chi connectivity index (χ3n) is 2.35. The summed E-state index contributed by atoms with van der Waals surface area (Å²) in [5.74, 6) is 0.324. The van der Waals surface area contributed by atoms with Gasteiger partial charge in [-0.1, -0.05) is 6.07 Å². The zero-order chi connectivity index (χ0) is 12.3. The zero-order valence-electron chi connectivity index (χ0n) is 9.23. The first-order chi connectivity index (χ1) is 8.20. The summed E-state index contributed by atoms with van der Waals surface area (Å²) in [4.78, 5) is 11.8. The molecule has 0 aliphatic heterocycles. The van der Waals surface area contributed by atoms with Crippen LogP contribution < -0.4 is 5.32 Å². The van der Waals surface area contributed by atoms with Gasteiger partial charge in [-0.25, -0.2) is 0 Å². The Kier molecular flexibility index (Phi) is 2.93. The lowest BCUT2D eigenvalue weighted by Gasteiger charge is -2.04. The van der Waals surface area contributed by atoms with Gasteiger partial charge in [0.2, 0.25) is 0 Å². The van der Waals surface area contributed by atoms with E-state index in [-0.39, 0.29) is 5.91 Å². The van der Waals surface area contributed by atoms with Gasteiger partial charge in [0.15, 0.2) is 0 Å². The molecule has 1 heterocycles. The third kappa shape index (κ3) is 2.34. The number of nitrogens with zero attached hydrogens (tertiary/aromatic N) is 1. The van der Waals surface area contributed by atoms with Crippen LogP contribution in [0.15, 0.2) is 41.0 Å². The van der Waals surface area contributed by atoms with Crippen molar-refractivity contribution in [3.63, 3.8) is 0 Å². The molecule has 2 aromatic rings. The summed E-state index contributed by atoms with van der Waals surface area (Å²) in [5, 5.41) is 11.5. The maximum Gasteiger partial charge on any atom is 0.259 e. The molecule has 0 aliphatic rings. The summed E-state index contributed by atoms with van der Waals surface area (Å²) >= 11 is 0. The average Bonchev–Trinajstić information content (AvgIpc) is 2.76. The molecule has 0 bridgehead atoms. The van der Waals surface area contributed by atoms with Gasteiger partial charge in [0.05, 0.1) is 23.5 Å². The highest BCUT2D eigenvalue weighted by molar-refractivity contribution is 6.04. The van der Waals surface area contributed by atoms with Crippen molar-refractivity contribution in [3.8, 4) is 6.07 Å². The third-order valence-corrected chi connectivity index (χ3v) is 2.35. The highest BCUT2D eigenvalue weighted by Crippen LogP contribution is 2.14. The summed E-state index contributed by atoms with van der Waals surface area (Å²) in [5.41, 5.74) is 1.59. The van der Waals surface area contributed by atoms with Crippen LogP contribution in [0.5, 0.6) is 0 Å². The number of rotatable bonds is 2. The van der Waals surface area contributed by atoms with E-state index in [1.54, 1.807) is 37.3 Å². The Morgan fingerprint density at radius 3 is 2.88 bits per heavy atom. The molecule has 0 aliphatic carbocycles. The van der Waals surface area contributed by atoms with E-state index in [2.05, 4.69) is 5.32 Å². The molecule has 2 rings (SSSR count). The number of nitriles is 1. The molecule has 1 N–H and O–H groups in total. The molecule has 0 atom stereocenters. The summed E-state index contributed by atoms with van der Waals surface area (Å²) in [7, 11) is 0. The van der Waals surface area contributed by atoms with Crippen molar-refractivity contribution >= 4 is 11.6 Å². The SMILES string of the molecule is Cc1occc1C(=O)Nc1cccc(C#N)c1. The lowest BCUT2D eigenvalue weighted by molar-refractivity contribution is 0.102. The first-order valence-corrected chi connectivity index (χ1v) is 5.06. The van der Waals surface area contributed by atoms with Crippen LogP contribution >= 0.6 is 0 Å². The maximum absolute atomic E-state index is 11.8. The van der Waals surface area contributed by atoms with Crippen molar-refractivity contribution in [2.75, 3.05) is 5.32 Å². The topological polar surface area (TPSA) is 66.0 Å². The van der Waals surface area contributed by atoms with Gasteiger partial charge in [0.1, 0.15) is 5.76 Å². The smallest absolute Gasteiger partial charge is 0.259 e. The number of carbonyl (C=O) groups excluding carboxylic acids is 1. The molecular formula is C13H10N2O2. The first-order valence-electron chi connectivity index (χ1n) is 5.06. The molecule has 1 amide bonds. The van der Waals surface area contributed by atoms with Crippen molar-refractivity contribution < 1.29 is 9.21 Å². The molecule has 17 heavy (non-hydrogen) atoms. The fraction of sp³-hybridized carbons (Fsp3) is 0.0769. The van der Waals surface area contributed by atoms with E-state index >= 15 is 0 Å². The van der Waals surface area contributed by atoms with Crippen LogP contribution in [0, 0.1) is 18.3 Å². The van der Waals surface area contributed by atoms with Crippen molar-refractivity contribution in [3.05, 3.63) is 53.5 Å². The second-order valence-electron chi connectivity index (χ2n) is 3.54. The van der Waals surface area contributed by atoms with Crippen LogP contribution in [0.1, 0.15) is 21.7 Å². The van der Waals surface area contributed by atoms with Crippen LogP contribution in [0.3, 0.4) is 0 Å². The second-order valence-corrected chi connectivity index (χ2v) is 3.54. The second kappa shape index (κ2) is 4.54. The maximum atomic E-state index is 11.8. The Morgan fingerprint density at radius 2 is 2.24 bits per heavy atom. The molecule has 84 valence electrons. The molecule has 0 spiro atoms. The number of carbonyl (C=O) groups is 1. The van der Waals surface area contributed by atoms with E-state index in [0.717, 1.165) is 0 Å². The van der Waals surface area contributed by atoms with E-state index in [0.29, 0.717) is 22.6 Å². The van der Waals surface area contributed by atoms with Gasteiger partial charge in [0, 0.05) is 5.69 Å². The Hall–Kier alpha value is -2.54. The lowest BCUT2D eigenvalue weighted by Crippen LogP contribution is -2.12. The van der Waals surface area contributed by atoms with Crippen LogP contribution in [0.4, 0.5) is 5.69 Å². The largest absolute Gasteiger partial charge is 0.469 e. The lowest BCUT2D eigenvalue weighted by atomic mass is 10.2. The summed E-state index contributed by atoms with van der Waals surface area (Å²) in [6, 6.07) is 10.4. The summed E-state index contributed by atoms with van der Waals surface area (Å²) in [6.07, 6.45) is 1.47. The summed E-state index contributed by atoms with van der Waals surface area (Å²) in [6.45, 7) is 1.72. The molecule has 0 saturated heterocycles. The van der Waals surface area contributed by atoms with E-state index < -0.39 is 0 Å². The minimum absolute atomic E-state index is 0.244. The number of hydrogen-bond donors (Lipinski definition) is 1. The highest BCUT2D eigenvalue weighted by atomic mass is 16.3. The van der Waals surface area contributed by atoms with E-state index in [1.165, 1.54) is 6.26 Å². The minimum Gasteiger partial charge on any atom is -0.469 e. The standard InChI is InChI=1S/C13H10N2O2/c1-9-12(5-6-17-9)13(16)15-11-4-2-3-10(7-11)8-14/h2-7H,1H3,(H,15,16). The number of nitrogens with one attached hydrogen (secondary N) is 1. The molecule has 0 unspecified atom stereocenters. The Bertz CT molecular complexity index is 593. The van der Waals surface area contributed by atoms with Crippen molar-refractivity contribution in [1.29, 1.82) is 5.26 Å². The Morgan fingerprint density at radius 1 is 1.41 bits per heavy atom. The average molecular weight is 226 g/mol.